The molecule has 1 spiro atoms. The summed E-state index contributed by atoms with van der Waals surface area (Å²) in [7, 11) is 1.74. The lowest BCUT2D eigenvalue weighted by Crippen LogP contribution is -2.63. The first-order chi connectivity index (χ1) is 9.26. The molecule has 4 heteroatoms. The minimum Gasteiger partial charge on any atom is -0.495 e. The van der Waals surface area contributed by atoms with Crippen LogP contribution in [-0.2, 0) is 15.9 Å². The highest BCUT2D eigenvalue weighted by Crippen LogP contribution is 2.34. The summed E-state index contributed by atoms with van der Waals surface area (Å²) in [5.74, 6) is 0.955. The van der Waals surface area contributed by atoms with Gasteiger partial charge >= 0.3 is 0 Å². The highest BCUT2D eigenvalue weighted by atomic mass is 16.6. The maximum Gasteiger partial charge on any atom is 0.142 e. The van der Waals surface area contributed by atoms with Crippen LogP contribution in [0.5, 0.6) is 5.75 Å². The molecule has 2 aliphatic heterocycles. The molecule has 0 aromatic heterocycles. The summed E-state index contributed by atoms with van der Waals surface area (Å²) in [6, 6.07) is 6.47. The fraction of sp³-hybridized carbons (Fsp3) is 0.600. The first-order valence-corrected chi connectivity index (χ1v) is 6.90. The molecule has 2 heterocycles. The van der Waals surface area contributed by atoms with Crippen LogP contribution in [0, 0.1) is 0 Å². The van der Waals surface area contributed by atoms with Gasteiger partial charge in [0.2, 0.25) is 0 Å². The summed E-state index contributed by atoms with van der Waals surface area (Å²) in [6.07, 6.45) is 1.03. The third-order valence-corrected chi connectivity index (χ3v) is 3.97. The summed E-state index contributed by atoms with van der Waals surface area (Å²) in [4.78, 5) is 2.35. The van der Waals surface area contributed by atoms with E-state index in [1.165, 1.54) is 5.56 Å². The van der Waals surface area contributed by atoms with Crippen molar-refractivity contribution in [2.45, 2.75) is 18.9 Å². The number of morpholine rings is 1. The molecular formula is C15H21NO3. The molecule has 2 saturated heterocycles. The molecule has 0 amide bonds. The summed E-state index contributed by atoms with van der Waals surface area (Å²) in [5, 5.41) is 0. The molecule has 0 aliphatic carbocycles. The second-order valence-corrected chi connectivity index (χ2v) is 5.31. The van der Waals surface area contributed by atoms with Gasteiger partial charge < -0.3 is 19.1 Å². The zero-order chi connectivity index (χ0) is 13.3. The molecule has 0 N–H and O–H groups in total. The van der Waals surface area contributed by atoms with Gasteiger partial charge in [-0.1, -0.05) is 13.0 Å². The highest BCUT2D eigenvalue weighted by molar-refractivity contribution is 5.60. The quantitative estimate of drug-likeness (QED) is 0.833. The van der Waals surface area contributed by atoms with Crippen LogP contribution in [0.15, 0.2) is 18.2 Å². The van der Waals surface area contributed by atoms with Gasteiger partial charge in [0, 0.05) is 6.54 Å². The van der Waals surface area contributed by atoms with Gasteiger partial charge in [0.05, 0.1) is 39.2 Å². The Bertz CT molecular complexity index is 457. The number of anilines is 1. The van der Waals surface area contributed by atoms with Crippen molar-refractivity contribution in [2.75, 3.05) is 44.9 Å². The minimum atomic E-state index is -0.0906. The third-order valence-electron chi connectivity index (χ3n) is 3.97. The molecule has 1 aromatic carbocycles. The van der Waals surface area contributed by atoms with Crippen LogP contribution < -0.4 is 9.64 Å². The maximum atomic E-state index is 5.86. The fourth-order valence-corrected chi connectivity index (χ4v) is 2.76. The number of rotatable bonds is 3. The fourth-order valence-electron chi connectivity index (χ4n) is 2.76. The zero-order valence-electron chi connectivity index (χ0n) is 11.6. The van der Waals surface area contributed by atoms with Crippen molar-refractivity contribution in [1.29, 1.82) is 0 Å². The third kappa shape index (κ3) is 2.30. The van der Waals surface area contributed by atoms with Gasteiger partial charge in [-0.15, -0.1) is 0 Å². The Hall–Kier alpha value is -1.26. The second-order valence-electron chi connectivity index (χ2n) is 5.31. The molecule has 0 saturated carbocycles. The Morgan fingerprint density at radius 1 is 1.37 bits per heavy atom. The van der Waals surface area contributed by atoms with Gasteiger partial charge in [-0.05, 0) is 24.1 Å². The molecule has 2 aliphatic rings. The monoisotopic (exact) mass is 263 g/mol. The van der Waals surface area contributed by atoms with E-state index in [1.807, 2.05) is 0 Å². The van der Waals surface area contributed by atoms with Crippen molar-refractivity contribution < 1.29 is 14.2 Å². The largest absolute Gasteiger partial charge is 0.495 e. The summed E-state index contributed by atoms with van der Waals surface area (Å²) < 4.78 is 16.7. The van der Waals surface area contributed by atoms with E-state index in [-0.39, 0.29) is 5.60 Å². The van der Waals surface area contributed by atoms with Crippen molar-refractivity contribution in [3.8, 4) is 5.75 Å². The predicted molar refractivity (Wildman–Crippen MR) is 74.1 cm³/mol. The predicted octanol–water partition coefficient (Wildman–Crippen LogP) is 1.86. The standard InChI is InChI=1S/C15H21NO3/c1-3-12-4-5-13(14(8-12)17-2)16-6-7-19-15(9-16)10-18-11-15/h4-5,8H,3,6-7,9-11H2,1-2H3. The average molecular weight is 263 g/mol. The van der Waals surface area contributed by atoms with Crippen LogP contribution >= 0.6 is 0 Å². The molecule has 0 atom stereocenters. The van der Waals surface area contributed by atoms with Crippen LogP contribution in [0.2, 0.25) is 0 Å². The normalized spacial score (nSPS) is 21.3. The number of aryl methyl sites for hydroxylation is 1. The zero-order valence-corrected chi connectivity index (χ0v) is 11.6. The second kappa shape index (κ2) is 5.02. The highest BCUT2D eigenvalue weighted by Gasteiger charge is 2.44. The summed E-state index contributed by atoms with van der Waals surface area (Å²) in [6.45, 7) is 6.11. The van der Waals surface area contributed by atoms with Gasteiger partial charge in [-0.3, -0.25) is 0 Å². The lowest BCUT2D eigenvalue weighted by Gasteiger charge is -2.48. The van der Waals surface area contributed by atoms with Crippen molar-refractivity contribution in [3.05, 3.63) is 23.8 Å². The van der Waals surface area contributed by atoms with Crippen LogP contribution in [-0.4, -0.2) is 45.6 Å². The molecule has 19 heavy (non-hydrogen) atoms. The molecular weight excluding hydrogens is 242 g/mol. The smallest absolute Gasteiger partial charge is 0.142 e. The lowest BCUT2D eigenvalue weighted by atomic mass is 9.99. The van der Waals surface area contributed by atoms with Crippen molar-refractivity contribution in [2.24, 2.45) is 0 Å². The first-order valence-electron chi connectivity index (χ1n) is 6.90. The number of benzene rings is 1. The van der Waals surface area contributed by atoms with E-state index >= 15 is 0 Å². The van der Waals surface area contributed by atoms with Crippen molar-refractivity contribution in [1.82, 2.24) is 0 Å². The maximum absolute atomic E-state index is 5.86. The van der Waals surface area contributed by atoms with Crippen LogP contribution in [0.4, 0.5) is 5.69 Å². The topological polar surface area (TPSA) is 30.9 Å². The van der Waals surface area contributed by atoms with Gasteiger partial charge in [0.25, 0.3) is 0 Å². The first kappa shape index (κ1) is 12.8. The Kier molecular flexibility index (Phi) is 3.37. The van der Waals surface area contributed by atoms with Crippen LogP contribution in [0.25, 0.3) is 0 Å². The van der Waals surface area contributed by atoms with E-state index in [4.69, 9.17) is 14.2 Å². The van der Waals surface area contributed by atoms with Crippen LogP contribution in [0.1, 0.15) is 12.5 Å². The van der Waals surface area contributed by atoms with Gasteiger partial charge in [0.15, 0.2) is 0 Å². The molecule has 2 fully saturated rings. The minimum absolute atomic E-state index is 0.0906. The molecule has 0 radical (unpaired) electrons. The lowest BCUT2D eigenvalue weighted by molar-refractivity contribution is -0.211. The van der Waals surface area contributed by atoms with Crippen molar-refractivity contribution >= 4 is 5.69 Å². The van der Waals surface area contributed by atoms with Gasteiger partial charge in [0.1, 0.15) is 11.4 Å². The molecule has 0 unspecified atom stereocenters. The Morgan fingerprint density at radius 3 is 2.84 bits per heavy atom. The molecule has 1 aromatic rings. The SMILES string of the molecule is CCc1ccc(N2CCOC3(COC3)C2)c(OC)c1. The van der Waals surface area contributed by atoms with E-state index in [1.54, 1.807) is 7.11 Å². The Balaban J connectivity index is 1.84. The molecule has 3 rings (SSSR count). The van der Waals surface area contributed by atoms with E-state index in [0.29, 0.717) is 13.2 Å². The number of methoxy groups -OCH3 is 1. The number of hydrogen-bond acceptors (Lipinski definition) is 4. The van der Waals surface area contributed by atoms with E-state index in [0.717, 1.165) is 37.6 Å². The van der Waals surface area contributed by atoms with Gasteiger partial charge in [-0.2, -0.15) is 0 Å². The molecule has 0 bridgehead atoms. The Labute approximate surface area is 114 Å². The number of nitrogens with zero attached hydrogens (tertiary/aromatic N) is 1. The van der Waals surface area contributed by atoms with Gasteiger partial charge in [-0.25, -0.2) is 0 Å². The molecule has 104 valence electrons. The number of hydrogen-bond donors (Lipinski definition) is 0. The van der Waals surface area contributed by atoms with E-state index in [9.17, 15) is 0 Å². The Morgan fingerprint density at radius 2 is 2.21 bits per heavy atom. The van der Waals surface area contributed by atoms with Crippen LogP contribution in [0.3, 0.4) is 0 Å². The average Bonchev–Trinajstić information content (AvgIpc) is 2.45. The van der Waals surface area contributed by atoms with E-state index in [2.05, 4.69) is 30.0 Å². The summed E-state index contributed by atoms with van der Waals surface area (Å²) in [5.41, 5.74) is 2.37. The van der Waals surface area contributed by atoms with Crippen molar-refractivity contribution in [3.63, 3.8) is 0 Å². The summed E-state index contributed by atoms with van der Waals surface area (Å²) >= 11 is 0. The van der Waals surface area contributed by atoms with E-state index < -0.39 is 0 Å². The molecule has 4 nitrogen and oxygen atoms in total. The number of ether oxygens (including phenoxy) is 3.